The average Bonchev–Trinajstić information content (AvgIpc) is 2.53. The molecular formula is C17H27NO3. The Morgan fingerprint density at radius 2 is 1.76 bits per heavy atom. The summed E-state index contributed by atoms with van der Waals surface area (Å²) in [6, 6.07) is 3.90. The highest BCUT2D eigenvalue weighted by molar-refractivity contribution is 5.68. The van der Waals surface area contributed by atoms with Crippen molar-refractivity contribution in [3.8, 4) is 17.2 Å². The van der Waals surface area contributed by atoms with Crippen molar-refractivity contribution in [1.82, 2.24) is 5.32 Å². The molecule has 0 saturated carbocycles. The SMILES string of the molecule is CCCNCC(=Cc1ccc(OC)c(OC)c1OC)CC. The molecule has 0 heterocycles. The molecule has 118 valence electrons. The van der Waals surface area contributed by atoms with E-state index in [1.165, 1.54) is 5.57 Å². The zero-order chi connectivity index (χ0) is 15.7. The molecule has 1 rings (SSSR count). The summed E-state index contributed by atoms with van der Waals surface area (Å²) in [6.45, 7) is 6.24. The van der Waals surface area contributed by atoms with Gasteiger partial charge in [-0.25, -0.2) is 0 Å². The summed E-state index contributed by atoms with van der Waals surface area (Å²) in [5, 5.41) is 3.43. The summed E-state index contributed by atoms with van der Waals surface area (Å²) in [4.78, 5) is 0. The van der Waals surface area contributed by atoms with Crippen LogP contribution in [0.5, 0.6) is 17.2 Å². The van der Waals surface area contributed by atoms with Crippen molar-refractivity contribution in [2.24, 2.45) is 0 Å². The van der Waals surface area contributed by atoms with Crippen LogP contribution in [0.15, 0.2) is 17.7 Å². The molecule has 0 bridgehead atoms. The third kappa shape index (κ3) is 4.67. The van der Waals surface area contributed by atoms with E-state index in [0.29, 0.717) is 17.2 Å². The second kappa shape index (κ2) is 9.29. The highest BCUT2D eigenvalue weighted by Gasteiger charge is 2.14. The van der Waals surface area contributed by atoms with E-state index in [2.05, 4.69) is 25.2 Å². The van der Waals surface area contributed by atoms with Crippen molar-refractivity contribution in [3.63, 3.8) is 0 Å². The molecule has 1 aromatic rings. The summed E-state index contributed by atoms with van der Waals surface area (Å²) < 4.78 is 16.2. The lowest BCUT2D eigenvalue weighted by molar-refractivity contribution is 0.324. The second-order valence-electron chi connectivity index (χ2n) is 4.76. The normalized spacial score (nSPS) is 11.4. The van der Waals surface area contributed by atoms with E-state index < -0.39 is 0 Å². The van der Waals surface area contributed by atoms with Gasteiger partial charge >= 0.3 is 0 Å². The zero-order valence-electron chi connectivity index (χ0n) is 13.8. The van der Waals surface area contributed by atoms with E-state index in [9.17, 15) is 0 Å². The molecule has 0 unspecified atom stereocenters. The van der Waals surface area contributed by atoms with Crippen LogP contribution in [0.3, 0.4) is 0 Å². The fraction of sp³-hybridized carbons (Fsp3) is 0.529. The van der Waals surface area contributed by atoms with Gasteiger partial charge in [0.1, 0.15) is 0 Å². The monoisotopic (exact) mass is 293 g/mol. The fourth-order valence-electron chi connectivity index (χ4n) is 2.16. The first-order valence-electron chi connectivity index (χ1n) is 7.40. The first kappa shape index (κ1) is 17.4. The first-order chi connectivity index (χ1) is 10.2. The highest BCUT2D eigenvalue weighted by Crippen LogP contribution is 2.40. The van der Waals surface area contributed by atoms with E-state index in [-0.39, 0.29) is 0 Å². The Hall–Kier alpha value is -1.68. The summed E-state index contributed by atoms with van der Waals surface area (Å²) in [5.41, 5.74) is 2.33. The standard InChI is InChI=1S/C17H27NO3/c1-6-10-18-12-13(7-2)11-14-8-9-15(19-3)17(21-5)16(14)20-4/h8-9,11,18H,6-7,10,12H2,1-5H3. The molecule has 4 nitrogen and oxygen atoms in total. The molecular weight excluding hydrogens is 266 g/mol. The predicted molar refractivity (Wildman–Crippen MR) is 87.5 cm³/mol. The largest absolute Gasteiger partial charge is 0.493 e. The second-order valence-corrected chi connectivity index (χ2v) is 4.76. The van der Waals surface area contributed by atoms with E-state index in [1.54, 1.807) is 21.3 Å². The zero-order valence-corrected chi connectivity index (χ0v) is 13.8. The number of ether oxygens (including phenoxy) is 3. The first-order valence-corrected chi connectivity index (χ1v) is 7.40. The van der Waals surface area contributed by atoms with Crippen molar-refractivity contribution in [1.29, 1.82) is 0 Å². The molecule has 21 heavy (non-hydrogen) atoms. The molecule has 0 saturated heterocycles. The van der Waals surface area contributed by atoms with Gasteiger partial charge in [0.25, 0.3) is 0 Å². The van der Waals surface area contributed by atoms with Crippen LogP contribution >= 0.6 is 0 Å². The van der Waals surface area contributed by atoms with E-state index in [0.717, 1.165) is 31.5 Å². The molecule has 0 radical (unpaired) electrons. The lowest BCUT2D eigenvalue weighted by Crippen LogP contribution is -2.17. The quantitative estimate of drug-likeness (QED) is 0.707. The molecule has 0 atom stereocenters. The van der Waals surface area contributed by atoms with Crippen LogP contribution in [0.4, 0.5) is 0 Å². The Morgan fingerprint density at radius 3 is 2.29 bits per heavy atom. The van der Waals surface area contributed by atoms with Gasteiger partial charge in [0.15, 0.2) is 11.5 Å². The molecule has 0 amide bonds. The Bertz CT molecular complexity index is 469. The molecule has 0 aliphatic rings. The summed E-state index contributed by atoms with van der Waals surface area (Å²) >= 11 is 0. The van der Waals surface area contributed by atoms with Crippen LogP contribution in [0.1, 0.15) is 32.3 Å². The number of hydrogen-bond donors (Lipinski definition) is 1. The fourth-order valence-corrected chi connectivity index (χ4v) is 2.16. The lowest BCUT2D eigenvalue weighted by atomic mass is 10.1. The third-order valence-corrected chi connectivity index (χ3v) is 3.33. The topological polar surface area (TPSA) is 39.7 Å². The summed E-state index contributed by atoms with van der Waals surface area (Å²) in [6.07, 6.45) is 4.29. The highest BCUT2D eigenvalue weighted by atomic mass is 16.5. The lowest BCUT2D eigenvalue weighted by Gasteiger charge is -2.15. The van der Waals surface area contributed by atoms with E-state index in [4.69, 9.17) is 14.2 Å². The van der Waals surface area contributed by atoms with Crippen molar-refractivity contribution in [2.45, 2.75) is 26.7 Å². The molecule has 0 aliphatic carbocycles. The summed E-state index contributed by atoms with van der Waals surface area (Å²) in [7, 11) is 4.89. The minimum atomic E-state index is 0.630. The predicted octanol–water partition coefficient (Wildman–Crippen LogP) is 3.51. The minimum absolute atomic E-state index is 0.630. The van der Waals surface area contributed by atoms with Gasteiger partial charge in [-0.3, -0.25) is 0 Å². The van der Waals surface area contributed by atoms with Crippen molar-refractivity contribution in [2.75, 3.05) is 34.4 Å². The van der Waals surface area contributed by atoms with Crippen LogP contribution in [0.25, 0.3) is 6.08 Å². The van der Waals surface area contributed by atoms with Crippen molar-refractivity contribution in [3.05, 3.63) is 23.3 Å². The van der Waals surface area contributed by atoms with E-state index >= 15 is 0 Å². The van der Waals surface area contributed by atoms with Crippen molar-refractivity contribution >= 4 is 6.08 Å². The molecule has 4 heteroatoms. The Kier molecular flexibility index (Phi) is 7.69. The Labute approximate surface area is 128 Å². The molecule has 0 aromatic heterocycles. The van der Waals surface area contributed by atoms with Gasteiger partial charge in [0.2, 0.25) is 5.75 Å². The van der Waals surface area contributed by atoms with Gasteiger partial charge in [-0.15, -0.1) is 0 Å². The minimum Gasteiger partial charge on any atom is -0.493 e. The van der Waals surface area contributed by atoms with Crippen molar-refractivity contribution < 1.29 is 14.2 Å². The number of nitrogens with one attached hydrogen (secondary N) is 1. The van der Waals surface area contributed by atoms with Crippen LogP contribution in [-0.4, -0.2) is 34.4 Å². The maximum Gasteiger partial charge on any atom is 0.203 e. The van der Waals surface area contributed by atoms with Gasteiger partial charge < -0.3 is 19.5 Å². The molecule has 1 aromatic carbocycles. The number of hydrogen-bond acceptors (Lipinski definition) is 4. The summed E-state index contributed by atoms with van der Waals surface area (Å²) in [5.74, 6) is 2.01. The number of rotatable bonds is 9. The van der Waals surface area contributed by atoms with Gasteiger partial charge in [0.05, 0.1) is 21.3 Å². The van der Waals surface area contributed by atoms with Gasteiger partial charge in [-0.2, -0.15) is 0 Å². The van der Waals surface area contributed by atoms with Crippen LogP contribution in [-0.2, 0) is 0 Å². The van der Waals surface area contributed by atoms with Crippen LogP contribution in [0, 0.1) is 0 Å². The van der Waals surface area contributed by atoms with Crippen LogP contribution in [0.2, 0.25) is 0 Å². The van der Waals surface area contributed by atoms with Gasteiger partial charge in [0, 0.05) is 12.1 Å². The molecule has 1 N–H and O–H groups in total. The maximum atomic E-state index is 5.51. The Balaban J connectivity index is 3.10. The Morgan fingerprint density at radius 1 is 1.05 bits per heavy atom. The van der Waals surface area contributed by atoms with Gasteiger partial charge in [-0.05, 0) is 31.5 Å². The van der Waals surface area contributed by atoms with Crippen LogP contribution < -0.4 is 19.5 Å². The smallest absolute Gasteiger partial charge is 0.203 e. The molecule has 0 aliphatic heterocycles. The number of methoxy groups -OCH3 is 3. The molecule has 0 fully saturated rings. The maximum absolute atomic E-state index is 5.51. The number of benzene rings is 1. The molecule has 0 spiro atoms. The average molecular weight is 293 g/mol. The van der Waals surface area contributed by atoms with E-state index in [1.807, 2.05) is 12.1 Å². The third-order valence-electron chi connectivity index (χ3n) is 3.33. The van der Waals surface area contributed by atoms with Gasteiger partial charge in [-0.1, -0.05) is 25.5 Å².